The van der Waals surface area contributed by atoms with Crippen molar-refractivity contribution in [1.29, 1.82) is 0 Å². The van der Waals surface area contributed by atoms with Gasteiger partial charge >= 0.3 is 0 Å². The van der Waals surface area contributed by atoms with Crippen molar-refractivity contribution in [3.05, 3.63) is 24.0 Å². The van der Waals surface area contributed by atoms with Gasteiger partial charge in [0.1, 0.15) is 5.69 Å². The molecule has 8 nitrogen and oxygen atoms in total. The van der Waals surface area contributed by atoms with Crippen molar-refractivity contribution in [3.63, 3.8) is 0 Å². The number of carbonyl (C=O) groups excluding carboxylic acids is 1. The molecule has 2 aliphatic heterocycles. The maximum absolute atomic E-state index is 12.1. The fraction of sp³-hybridized carbons (Fsp3) is 0.625. The molecular weight excluding hydrogens is 344 g/mol. The van der Waals surface area contributed by atoms with Gasteiger partial charge in [-0.3, -0.25) is 9.69 Å². The molecule has 2 aliphatic rings. The Balaban J connectivity index is 1.44. The maximum atomic E-state index is 12.1. The molecule has 3 rings (SSSR count). The standard InChI is InChI=1S/C16H24N4O4S/c21-16(17-4-5-20-6-8-24-9-7-20)15-2-1-13(11-18-15)19-14-3-10-25(22,23)12-14/h1-2,11,14,19H,3-10,12H2,(H,17,21). The summed E-state index contributed by atoms with van der Waals surface area (Å²) in [5.74, 6) is 0.168. The minimum atomic E-state index is -2.92. The molecule has 25 heavy (non-hydrogen) atoms. The lowest BCUT2D eigenvalue weighted by Gasteiger charge is -2.26. The number of ether oxygens (including phenoxy) is 1. The van der Waals surface area contributed by atoms with Gasteiger partial charge in [0, 0.05) is 32.2 Å². The van der Waals surface area contributed by atoms with Gasteiger partial charge in [0.05, 0.1) is 36.6 Å². The van der Waals surface area contributed by atoms with Crippen molar-refractivity contribution in [2.45, 2.75) is 12.5 Å². The number of nitrogens with one attached hydrogen (secondary N) is 2. The second-order valence-electron chi connectivity index (χ2n) is 6.39. The van der Waals surface area contributed by atoms with Crippen LogP contribution in [0.15, 0.2) is 18.3 Å². The molecule has 0 saturated carbocycles. The molecule has 1 aromatic rings. The number of hydrogen-bond donors (Lipinski definition) is 2. The number of carbonyl (C=O) groups is 1. The monoisotopic (exact) mass is 368 g/mol. The Morgan fingerprint density at radius 3 is 2.76 bits per heavy atom. The molecule has 2 N–H and O–H groups in total. The van der Waals surface area contributed by atoms with Gasteiger partial charge < -0.3 is 15.4 Å². The van der Waals surface area contributed by atoms with Crippen molar-refractivity contribution in [1.82, 2.24) is 15.2 Å². The van der Waals surface area contributed by atoms with Crippen LogP contribution in [-0.2, 0) is 14.6 Å². The zero-order valence-corrected chi connectivity index (χ0v) is 14.9. The van der Waals surface area contributed by atoms with E-state index in [0.717, 1.165) is 38.5 Å². The third-order valence-electron chi connectivity index (χ3n) is 4.42. The van der Waals surface area contributed by atoms with E-state index in [4.69, 9.17) is 4.74 Å². The summed E-state index contributed by atoms with van der Waals surface area (Å²) in [5, 5.41) is 6.02. The molecule has 0 bridgehead atoms. The summed E-state index contributed by atoms with van der Waals surface area (Å²) in [6.45, 7) is 4.64. The number of anilines is 1. The van der Waals surface area contributed by atoms with E-state index >= 15 is 0 Å². The van der Waals surface area contributed by atoms with E-state index in [0.29, 0.717) is 18.7 Å². The topological polar surface area (TPSA) is 101 Å². The van der Waals surface area contributed by atoms with Gasteiger partial charge in [0.15, 0.2) is 9.84 Å². The first-order chi connectivity index (χ1) is 12.0. The Bertz CT molecular complexity index is 687. The predicted octanol–water partition coefficient (Wildman–Crippen LogP) is -0.257. The van der Waals surface area contributed by atoms with Gasteiger partial charge in [-0.2, -0.15) is 0 Å². The zero-order valence-electron chi connectivity index (χ0n) is 14.1. The van der Waals surface area contributed by atoms with Crippen LogP contribution in [0.3, 0.4) is 0 Å². The van der Waals surface area contributed by atoms with Crippen LogP contribution < -0.4 is 10.6 Å². The summed E-state index contributed by atoms with van der Waals surface area (Å²) in [6.07, 6.45) is 2.17. The molecule has 0 aliphatic carbocycles. The number of sulfone groups is 1. The van der Waals surface area contributed by atoms with Crippen LogP contribution in [0.5, 0.6) is 0 Å². The molecule has 0 spiro atoms. The van der Waals surface area contributed by atoms with E-state index in [1.54, 1.807) is 18.3 Å². The highest BCUT2D eigenvalue weighted by Gasteiger charge is 2.27. The third kappa shape index (κ3) is 5.38. The minimum absolute atomic E-state index is 0.0833. The van der Waals surface area contributed by atoms with Crippen LogP contribution in [0, 0.1) is 0 Å². The Kier molecular flexibility index (Phi) is 5.87. The van der Waals surface area contributed by atoms with Crippen molar-refractivity contribution < 1.29 is 17.9 Å². The Hall–Kier alpha value is -1.71. The number of rotatable bonds is 6. The lowest BCUT2D eigenvalue weighted by Crippen LogP contribution is -2.41. The van der Waals surface area contributed by atoms with E-state index in [2.05, 4.69) is 20.5 Å². The first kappa shape index (κ1) is 18.1. The van der Waals surface area contributed by atoms with E-state index < -0.39 is 9.84 Å². The summed E-state index contributed by atoms with van der Waals surface area (Å²) in [4.78, 5) is 18.5. The second-order valence-corrected chi connectivity index (χ2v) is 8.62. The van der Waals surface area contributed by atoms with Crippen LogP contribution in [0.2, 0.25) is 0 Å². The fourth-order valence-electron chi connectivity index (χ4n) is 3.00. The largest absolute Gasteiger partial charge is 0.380 e. The molecule has 1 amide bonds. The quantitative estimate of drug-likeness (QED) is 0.714. The predicted molar refractivity (Wildman–Crippen MR) is 94.5 cm³/mol. The van der Waals surface area contributed by atoms with Crippen LogP contribution in [0.1, 0.15) is 16.9 Å². The lowest BCUT2D eigenvalue weighted by molar-refractivity contribution is 0.0383. The summed E-state index contributed by atoms with van der Waals surface area (Å²) in [7, 11) is -2.92. The van der Waals surface area contributed by atoms with Crippen LogP contribution in [-0.4, -0.2) is 81.1 Å². The highest BCUT2D eigenvalue weighted by Crippen LogP contribution is 2.17. The van der Waals surface area contributed by atoms with Gasteiger partial charge in [-0.25, -0.2) is 13.4 Å². The van der Waals surface area contributed by atoms with E-state index in [1.165, 1.54) is 0 Å². The Labute approximate surface area is 147 Å². The average molecular weight is 368 g/mol. The number of hydrogen-bond acceptors (Lipinski definition) is 7. The van der Waals surface area contributed by atoms with Gasteiger partial charge in [0.25, 0.3) is 5.91 Å². The van der Waals surface area contributed by atoms with Crippen LogP contribution >= 0.6 is 0 Å². The lowest BCUT2D eigenvalue weighted by atomic mass is 10.2. The SMILES string of the molecule is O=C(NCCN1CCOCC1)c1ccc(NC2CCS(=O)(=O)C2)cn1. The van der Waals surface area contributed by atoms with Crippen molar-refractivity contribution in [2.24, 2.45) is 0 Å². The smallest absolute Gasteiger partial charge is 0.269 e. The Morgan fingerprint density at radius 1 is 1.32 bits per heavy atom. The normalized spacial score (nSPS) is 23.3. The molecule has 2 fully saturated rings. The van der Waals surface area contributed by atoms with E-state index in [1.807, 2.05) is 0 Å². The molecule has 2 saturated heterocycles. The maximum Gasteiger partial charge on any atom is 0.269 e. The molecule has 1 unspecified atom stereocenters. The summed E-state index contributed by atoms with van der Waals surface area (Å²) in [6, 6.07) is 3.32. The molecule has 1 atom stereocenters. The van der Waals surface area contributed by atoms with Gasteiger partial charge in [0.2, 0.25) is 0 Å². The van der Waals surface area contributed by atoms with Gasteiger partial charge in [-0.05, 0) is 18.6 Å². The van der Waals surface area contributed by atoms with Gasteiger partial charge in [-0.15, -0.1) is 0 Å². The molecule has 138 valence electrons. The van der Waals surface area contributed by atoms with Crippen molar-refractivity contribution in [3.8, 4) is 0 Å². The zero-order chi connectivity index (χ0) is 17.7. The molecule has 1 aromatic heterocycles. The number of pyridine rings is 1. The second kappa shape index (κ2) is 8.11. The number of nitrogens with zero attached hydrogens (tertiary/aromatic N) is 2. The van der Waals surface area contributed by atoms with Crippen molar-refractivity contribution >= 4 is 21.4 Å². The minimum Gasteiger partial charge on any atom is -0.380 e. The van der Waals surface area contributed by atoms with Crippen LogP contribution in [0.4, 0.5) is 5.69 Å². The summed E-state index contributed by atoms with van der Waals surface area (Å²) >= 11 is 0. The Morgan fingerprint density at radius 2 is 2.12 bits per heavy atom. The summed E-state index contributed by atoms with van der Waals surface area (Å²) < 4.78 is 28.2. The average Bonchev–Trinajstić information content (AvgIpc) is 2.95. The highest BCUT2D eigenvalue weighted by molar-refractivity contribution is 7.91. The highest BCUT2D eigenvalue weighted by atomic mass is 32.2. The first-order valence-corrected chi connectivity index (χ1v) is 10.4. The number of amides is 1. The van der Waals surface area contributed by atoms with E-state index in [9.17, 15) is 13.2 Å². The molecular formula is C16H24N4O4S. The number of morpholine rings is 1. The number of aromatic nitrogens is 1. The van der Waals surface area contributed by atoms with E-state index in [-0.39, 0.29) is 23.5 Å². The van der Waals surface area contributed by atoms with Crippen molar-refractivity contribution in [2.75, 3.05) is 56.2 Å². The first-order valence-electron chi connectivity index (χ1n) is 8.53. The van der Waals surface area contributed by atoms with Crippen LogP contribution in [0.25, 0.3) is 0 Å². The molecule has 0 radical (unpaired) electrons. The molecule has 0 aromatic carbocycles. The van der Waals surface area contributed by atoms with Gasteiger partial charge in [-0.1, -0.05) is 0 Å². The molecule has 3 heterocycles. The molecule has 9 heteroatoms. The third-order valence-corrected chi connectivity index (χ3v) is 6.18. The fourth-order valence-corrected chi connectivity index (χ4v) is 4.67. The summed E-state index contributed by atoms with van der Waals surface area (Å²) in [5.41, 5.74) is 1.08.